The summed E-state index contributed by atoms with van der Waals surface area (Å²) in [5, 5.41) is 10.1. The Kier molecular flexibility index (Phi) is 4.53. The van der Waals surface area contributed by atoms with Gasteiger partial charge in [-0.25, -0.2) is 0 Å². The third-order valence-corrected chi connectivity index (χ3v) is 4.70. The molecule has 0 atom stereocenters. The van der Waals surface area contributed by atoms with Crippen molar-refractivity contribution in [3.8, 4) is 0 Å². The summed E-state index contributed by atoms with van der Waals surface area (Å²) in [6.45, 7) is 4.96. The maximum atomic E-state index is 11.9. The Morgan fingerprint density at radius 2 is 2.00 bits per heavy atom. The van der Waals surface area contributed by atoms with Crippen molar-refractivity contribution in [2.24, 2.45) is 5.92 Å². The van der Waals surface area contributed by atoms with Crippen LogP contribution in [0.1, 0.15) is 20.3 Å². The van der Waals surface area contributed by atoms with Gasteiger partial charge in [-0.2, -0.15) is 0 Å². The number of hydrogen-bond donors (Lipinski definition) is 1. The highest BCUT2D eigenvalue weighted by Crippen LogP contribution is 2.29. The van der Waals surface area contributed by atoms with Crippen LogP contribution in [0.25, 0.3) is 0 Å². The molecule has 0 saturated carbocycles. The van der Waals surface area contributed by atoms with Crippen LogP contribution < -0.4 is 0 Å². The average molecular weight is 279 g/mol. The Bertz CT molecular complexity index is 427. The summed E-state index contributed by atoms with van der Waals surface area (Å²) in [4.78, 5) is 14.9. The molecule has 1 aliphatic rings. The van der Waals surface area contributed by atoms with E-state index in [1.165, 1.54) is 4.90 Å². The topological polar surface area (TPSA) is 40.5 Å². The Morgan fingerprint density at radius 3 is 2.58 bits per heavy atom. The number of likely N-dealkylation sites (tertiary alicyclic amines) is 1. The van der Waals surface area contributed by atoms with Crippen molar-refractivity contribution in [2.45, 2.75) is 30.8 Å². The summed E-state index contributed by atoms with van der Waals surface area (Å²) >= 11 is 1.70. The minimum absolute atomic E-state index is 0.147. The van der Waals surface area contributed by atoms with Crippen LogP contribution in [0, 0.1) is 5.92 Å². The molecular weight excluding hydrogens is 258 g/mol. The highest BCUT2D eigenvalue weighted by atomic mass is 32.2. The van der Waals surface area contributed by atoms with Crippen molar-refractivity contribution >= 4 is 17.7 Å². The number of benzene rings is 1. The van der Waals surface area contributed by atoms with Gasteiger partial charge >= 0.3 is 0 Å². The fourth-order valence-electron chi connectivity index (χ4n) is 2.09. The largest absolute Gasteiger partial charge is 0.386 e. The lowest BCUT2D eigenvalue weighted by molar-refractivity contribution is -0.163. The fourth-order valence-corrected chi connectivity index (χ4v) is 2.95. The first-order valence-corrected chi connectivity index (χ1v) is 7.68. The molecule has 0 bridgehead atoms. The second-order valence-electron chi connectivity index (χ2n) is 5.42. The Hall–Kier alpha value is -1.00. The zero-order valence-corrected chi connectivity index (χ0v) is 12.3. The van der Waals surface area contributed by atoms with Crippen molar-refractivity contribution in [3.05, 3.63) is 30.3 Å². The average Bonchev–Trinajstić information content (AvgIpc) is 2.35. The normalized spacial score (nSPS) is 17.4. The van der Waals surface area contributed by atoms with Gasteiger partial charge in [0.2, 0.25) is 5.91 Å². The number of β-amino-alcohol motifs (C(OH)–C–C–N with tert-alkyl or cyclic N) is 1. The Labute approximate surface area is 119 Å². The molecule has 0 aromatic heterocycles. The molecule has 1 aliphatic heterocycles. The van der Waals surface area contributed by atoms with E-state index in [0.29, 0.717) is 19.5 Å². The molecule has 1 aromatic rings. The smallest absolute Gasteiger partial charge is 0.223 e. The first-order chi connectivity index (χ1) is 9.01. The first kappa shape index (κ1) is 14.4. The fraction of sp³-hybridized carbons (Fsp3) is 0.533. The van der Waals surface area contributed by atoms with Crippen LogP contribution in [-0.2, 0) is 4.79 Å². The molecule has 1 saturated heterocycles. The number of aliphatic hydroxyl groups is 1. The van der Waals surface area contributed by atoms with Gasteiger partial charge in [-0.05, 0) is 18.1 Å². The van der Waals surface area contributed by atoms with E-state index >= 15 is 0 Å². The van der Waals surface area contributed by atoms with E-state index in [-0.39, 0.29) is 11.8 Å². The van der Waals surface area contributed by atoms with Gasteiger partial charge in [0.25, 0.3) is 0 Å². The minimum Gasteiger partial charge on any atom is -0.386 e. The SMILES string of the molecule is CC(C)C1(O)CN(C(=O)CCSc2ccccc2)C1. The number of thioether (sulfide) groups is 1. The van der Waals surface area contributed by atoms with Gasteiger partial charge in [-0.15, -0.1) is 11.8 Å². The molecule has 4 heteroatoms. The van der Waals surface area contributed by atoms with Crippen LogP contribution in [0.2, 0.25) is 0 Å². The molecular formula is C15H21NO2S. The second-order valence-corrected chi connectivity index (χ2v) is 6.59. The van der Waals surface area contributed by atoms with Gasteiger partial charge in [-0.1, -0.05) is 32.0 Å². The molecule has 1 fully saturated rings. The van der Waals surface area contributed by atoms with Gasteiger partial charge in [0.05, 0.1) is 13.1 Å². The van der Waals surface area contributed by atoms with Crippen LogP contribution in [0.15, 0.2) is 35.2 Å². The van der Waals surface area contributed by atoms with Gasteiger partial charge in [-0.3, -0.25) is 4.79 Å². The number of rotatable bonds is 5. The van der Waals surface area contributed by atoms with Crippen molar-refractivity contribution in [2.75, 3.05) is 18.8 Å². The van der Waals surface area contributed by atoms with Gasteiger partial charge in [0, 0.05) is 17.1 Å². The second kappa shape index (κ2) is 5.97. The van der Waals surface area contributed by atoms with Gasteiger partial charge in [0.1, 0.15) is 5.60 Å². The monoisotopic (exact) mass is 279 g/mol. The first-order valence-electron chi connectivity index (χ1n) is 6.69. The predicted molar refractivity (Wildman–Crippen MR) is 78.2 cm³/mol. The number of carbonyl (C=O) groups is 1. The third kappa shape index (κ3) is 3.51. The lowest BCUT2D eigenvalue weighted by Crippen LogP contribution is -2.66. The van der Waals surface area contributed by atoms with E-state index in [9.17, 15) is 9.90 Å². The molecule has 0 aliphatic carbocycles. The Morgan fingerprint density at radius 1 is 1.37 bits per heavy atom. The van der Waals surface area contributed by atoms with Crippen molar-refractivity contribution in [1.82, 2.24) is 4.90 Å². The van der Waals surface area contributed by atoms with Crippen LogP contribution in [0.5, 0.6) is 0 Å². The zero-order valence-electron chi connectivity index (χ0n) is 11.5. The third-order valence-electron chi connectivity index (χ3n) is 3.68. The summed E-state index contributed by atoms with van der Waals surface area (Å²) in [6, 6.07) is 10.1. The summed E-state index contributed by atoms with van der Waals surface area (Å²) in [6.07, 6.45) is 0.535. The molecule has 104 valence electrons. The highest BCUT2D eigenvalue weighted by Gasteiger charge is 2.45. The summed E-state index contributed by atoms with van der Waals surface area (Å²) < 4.78 is 0. The van der Waals surface area contributed by atoms with Crippen LogP contribution in [0.4, 0.5) is 0 Å². The van der Waals surface area contributed by atoms with E-state index in [2.05, 4.69) is 12.1 Å². The van der Waals surface area contributed by atoms with Gasteiger partial charge in [0.15, 0.2) is 0 Å². The Balaban J connectivity index is 1.69. The van der Waals surface area contributed by atoms with E-state index in [1.54, 1.807) is 16.7 Å². The number of carbonyl (C=O) groups excluding carboxylic acids is 1. The predicted octanol–water partition coefficient (Wildman–Crippen LogP) is 2.40. The summed E-state index contributed by atoms with van der Waals surface area (Å²) in [5.74, 6) is 1.14. The van der Waals surface area contributed by atoms with Crippen LogP contribution >= 0.6 is 11.8 Å². The summed E-state index contributed by atoms with van der Waals surface area (Å²) in [5.41, 5.74) is -0.664. The zero-order chi connectivity index (χ0) is 13.9. The molecule has 0 radical (unpaired) electrons. The van der Waals surface area contributed by atoms with Crippen molar-refractivity contribution in [1.29, 1.82) is 0 Å². The van der Waals surface area contributed by atoms with E-state index in [0.717, 1.165) is 5.75 Å². The van der Waals surface area contributed by atoms with Crippen LogP contribution in [0.3, 0.4) is 0 Å². The molecule has 1 heterocycles. The molecule has 1 amide bonds. The van der Waals surface area contributed by atoms with E-state index in [1.807, 2.05) is 32.0 Å². The molecule has 1 N–H and O–H groups in total. The molecule has 3 nitrogen and oxygen atoms in total. The minimum atomic E-state index is -0.664. The molecule has 1 aromatic carbocycles. The van der Waals surface area contributed by atoms with Crippen molar-refractivity contribution in [3.63, 3.8) is 0 Å². The quantitative estimate of drug-likeness (QED) is 0.841. The standard InChI is InChI=1S/C15H21NO2S/c1-12(2)15(18)10-16(11-15)14(17)8-9-19-13-6-4-3-5-7-13/h3-7,12,18H,8-11H2,1-2H3. The van der Waals surface area contributed by atoms with Crippen molar-refractivity contribution < 1.29 is 9.90 Å². The number of hydrogen-bond acceptors (Lipinski definition) is 3. The number of nitrogens with zero attached hydrogens (tertiary/aromatic N) is 1. The maximum absolute atomic E-state index is 11.9. The number of amides is 1. The van der Waals surface area contributed by atoms with Crippen LogP contribution in [-0.4, -0.2) is 40.4 Å². The lowest BCUT2D eigenvalue weighted by Gasteiger charge is -2.49. The summed E-state index contributed by atoms with van der Waals surface area (Å²) in [7, 11) is 0. The van der Waals surface area contributed by atoms with Gasteiger partial charge < -0.3 is 10.0 Å². The molecule has 0 unspecified atom stereocenters. The molecule has 2 rings (SSSR count). The maximum Gasteiger partial charge on any atom is 0.223 e. The molecule has 0 spiro atoms. The lowest BCUT2D eigenvalue weighted by atomic mass is 9.83. The highest BCUT2D eigenvalue weighted by molar-refractivity contribution is 7.99. The van der Waals surface area contributed by atoms with E-state index in [4.69, 9.17) is 0 Å². The molecule has 19 heavy (non-hydrogen) atoms. The van der Waals surface area contributed by atoms with E-state index < -0.39 is 5.60 Å².